The average Bonchev–Trinajstić information content (AvgIpc) is 2.69. The fourth-order valence-electron chi connectivity index (χ4n) is 2.59. The van der Waals surface area contributed by atoms with Crippen molar-refractivity contribution in [3.8, 4) is 0 Å². The van der Waals surface area contributed by atoms with E-state index in [0.29, 0.717) is 5.92 Å². The summed E-state index contributed by atoms with van der Waals surface area (Å²) in [7, 11) is 0. The van der Waals surface area contributed by atoms with Gasteiger partial charge in [0.05, 0.1) is 5.60 Å². The van der Waals surface area contributed by atoms with Gasteiger partial charge < -0.3 is 5.11 Å². The van der Waals surface area contributed by atoms with Crippen molar-refractivity contribution in [2.45, 2.75) is 51.0 Å². The molecule has 2 aliphatic rings. The zero-order valence-corrected chi connectivity index (χ0v) is 7.34. The molecule has 0 bridgehead atoms. The summed E-state index contributed by atoms with van der Waals surface area (Å²) in [6, 6.07) is 0. The summed E-state index contributed by atoms with van der Waals surface area (Å²) in [5.74, 6) is 1.52. The van der Waals surface area contributed by atoms with Crippen LogP contribution in [0.3, 0.4) is 0 Å². The van der Waals surface area contributed by atoms with Gasteiger partial charge in [0.2, 0.25) is 0 Å². The van der Waals surface area contributed by atoms with Crippen LogP contribution in [0, 0.1) is 11.8 Å². The number of rotatable bonds is 1. The summed E-state index contributed by atoms with van der Waals surface area (Å²) in [5, 5.41) is 10.0. The first-order valence-corrected chi connectivity index (χ1v) is 4.92. The molecule has 1 nitrogen and oxygen atoms in total. The van der Waals surface area contributed by atoms with Crippen LogP contribution in [0.1, 0.15) is 45.4 Å². The third-order valence-corrected chi connectivity index (χ3v) is 3.44. The van der Waals surface area contributed by atoms with Crippen molar-refractivity contribution in [3.05, 3.63) is 0 Å². The Balaban J connectivity index is 2.02. The molecule has 0 aliphatic heterocycles. The normalized spacial score (nSPS) is 45.8. The van der Waals surface area contributed by atoms with Crippen molar-refractivity contribution < 1.29 is 5.11 Å². The zero-order chi connectivity index (χ0) is 7.90. The molecule has 0 heterocycles. The molecule has 0 unspecified atom stereocenters. The van der Waals surface area contributed by atoms with Gasteiger partial charge in [0.15, 0.2) is 0 Å². The monoisotopic (exact) mass is 154 g/mol. The van der Waals surface area contributed by atoms with Gasteiger partial charge in [-0.2, -0.15) is 0 Å². The molecule has 2 atom stereocenters. The standard InChI is InChI=1S/C10H18O/c1-10(11)7-3-2-4-9(10)8-5-6-8/h8-9,11H,2-7H2,1H3/t9-,10+/m0/s1. The molecule has 0 saturated heterocycles. The van der Waals surface area contributed by atoms with Crippen molar-refractivity contribution in [1.29, 1.82) is 0 Å². The molecule has 1 N–H and O–H groups in total. The zero-order valence-electron chi connectivity index (χ0n) is 7.34. The maximum absolute atomic E-state index is 10.0. The highest BCUT2D eigenvalue weighted by atomic mass is 16.3. The van der Waals surface area contributed by atoms with E-state index in [-0.39, 0.29) is 5.60 Å². The van der Waals surface area contributed by atoms with Gasteiger partial charge in [-0.25, -0.2) is 0 Å². The van der Waals surface area contributed by atoms with Gasteiger partial charge in [0, 0.05) is 0 Å². The summed E-state index contributed by atoms with van der Waals surface area (Å²) < 4.78 is 0. The summed E-state index contributed by atoms with van der Waals surface area (Å²) in [4.78, 5) is 0. The molecule has 0 aromatic rings. The topological polar surface area (TPSA) is 20.2 Å². The van der Waals surface area contributed by atoms with Crippen LogP contribution in [0.15, 0.2) is 0 Å². The lowest BCUT2D eigenvalue weighted by atomic mass is 9.74. The molecule has 0 radical (unpaired) electrons. The molecular formula is C10H18O. The molecule has 2 aliphatic carbocycles. The maximum Gasteiger partial charge on any atom is 0.0650 e. The maximum atomic E-state index is 10.0. The Kier molecular flexibility index (Phi) is 1.71. The molecular weight excluding hydrogens is 136 g/mol. The molecule has 0 aromatic carbocycles. The van der Waals surface area contributed by atoms with Crippen LogP contribution < -0.4 is 0 Å². The van der Waals surface area contributed by atoms with Crippen LogP contribution in [-0.4, -0.2) is 10.7 Å². The largest absolute Gasteiger partial charge is 0.390 e. The Labute approximate surface area is 68.8 Å². The van der Waals surface area contributed by atoms with Crippen LogP contribution in [0.5, 0.6) is 0 Å². The lowest BCUT2D eigenvalue weighted by molar-refractivity contribution is -0.0407. The van der Waals surface area contributed by atoms with Gasteiger partial charge in [-0.05, 0) is 44.4 Å². The Morgan fingerprint density at radius 2 is 1.91 bits per heavy atom. The highest BCUT2D eigenvalue weighted by Crippen LogP contribution is 2.48. The molecule has 2 fully saturated rings. The second-order valence-electron chi connectivity index (χ2n) is 4.55. The lowest BCUT2D eigenvalue weighted by Gasteiger charge is -2.37. The summed E-state index contributed by atoms with van der Waals surface area (Å²) in [6.07, 6.45) is 7.64. The van der Waals surface area contributed by atoms with E-state index in [1.165, 1.54) is 32.1 Å². The van der Waals surface area contributed by atoms with E-state index in [2.05, 4.69) is 0 Å². The third kappa shape index (κ3) is 1.44. The second kappa shape index (κ2) is 2.48. The molecule has 0 spiro atoms. The second-order valence-corrected chi connectivity index (χ2v) is 4.55. The van der Waals surface area contributed by atoms with E-state index >= 15 is 0 Å². The Morgan fingerprint density at radius 1 is 1.18 bits per heavy atom. The van der Waals surface area contributed by atoms with E-state index in [1.54, 1.807) is 0 Å². The van der Waals surface area contributed by atoms with Gasteiger partial charge in [-0.15, -0.1) is 0 Å². The molecule has 11 heavy (non-hydrogen) atoms. The average molecular weight is 154 g/mol. The molecule has 0 amide bonds. The SMILES string of the molecule is C[C@@]1(O)CCCC[C@H]1C1CC1. The van der Waals surface area contributed by atoms with Crippen LogP contribution in [0.2, 0.25) is 0 Å². The van der Waals surface area contributed by atoms with E-state index in [1.807, 2.05) is 6.92 Å². The van der Waals surface area contributed by atoms with E-state index in [4.69, 9.17) is 0 Å². The number of hydrogen-bond acceptors (Lipinski definition) is 1. The van der Waals surface area contributed by atoms with Crippen molar-refractivity contribution in [2.24, 2.45) is 11.8 Å². The van der Waals surface area contributed by atoms with Crippen LogP contribution in [-0.2, 0) is 0 Å². The van der Waals surface area contributed by atoms with E-state index in [0.717, 1.165) is 12.3 Å². The number of aliphatic hydroxyl groups is 1. The first-order valence-electron chi connectivity index (χ1n) is 4.92. The number of hydrogen-bond donors (Lipinski definition) is 1. The van der Waals surface area contributed by atoms with E-state index in [9.17, 15) is 5.11 Å². The third-order valence-electron chi connectivity index (χ3n) is 3.44. The van der Waals surface area contributed by atoms with Gasteiger partial charge in [-0.1, -0.05) is 12.8 Å². The fourth-order valence-corrected chi connectivity index (χ4v) is 2.59. The first-order chi connectivity index (χ1) is 5.20. The molecule has 2 rings (SSSR count). The Bertz CT molecular complexity index is 147. The highest BCUT2D eigenvalue weighted by molar-refractivity contribution is 4.94. The minimum absolute atomic E-state index is 0.320. The lowest BCUT2D eigenvalue weighted by Crippen LogP contribution is -2.38. The van der Waals surface area contributed by atoms with Crippen molar-refractivity contribution >= 4 is 0 Å². The summed E-state index contributed by atoms with van der Waals surface area (Å²) in [5.41, 5.74) is -0.320. The fraction of sp³-hybridized carbons (Fsp3) is 1.00. The predicted molar refractivity (Wildman–Crippen MR) is 45.3 cm³/mol. The molecule has 64 valence electrons. The Hall–Kier alpha value is -0.0400. The van der Waals surface area contributed by atoms with Crippen LogP contribution in [0.4, 0.5) is 0 Å². The van der Waals surface area contributed by atoms with Gasteiger partial charge >= 0.3 is 0 Å². The quantitative estimate of drug-likeness (QED) is 0.614. The van der Waals surface area contributed by atoms with E-state index < -0.39 is 0 Å². The predicted octanol–water partition coefficient (Wildman–Crippen LogP) is 2.34. The molecule has 2 saturated carbocycles. The van der Waals surface area contributed by atoms with Crippen LogP contribution >= 0.6 is 0 Å². The van der Waals surface area contributed by atoms with Gasteiger partial charge in [-0.3, -0.25) is 0 Å². The minimum atomic E-state index is -0.320. The molecule has 0 aromatic heterocycles. The highest BCUT2D eigenvalue weighted by Gasteiger charge is 2.43. The van der Waals surface area contributed by atoms with Crippen LogP contribution in [0.25, 0.3) is 0 Å². The minimum Gasteiger partial charge on any atom is -0.390 e. The van der Waals surface area contributed by atoms with Crippen molar-refractivity contribution in [1.82, 2.24) is 0 Å². The first kappa shape index (κ1) is 7.60. The smallest absolute Gasteiger partial charge is 0.0650 e. The summed E-state index contributed by atoms with van der Waals surface area (Å²) >= 11 is 0. The van der Waals surface area contributed by atoms with Gasteiger partial charge in [0.1, 0.15) is 0 Å². The Morgan fingerprint density at radius 3 is 2.45 bits per heavy atom. The molecule has 1 heteroatoms. The van der Waals surface area contributed by atoms with Gasteiger partial charge in [0.25, 0.3) is 0 Å². The van der Waals surface area contributed by atoms with Crippen molar-refractivity contribution in [2.75, 3.05) is 0 Å². The summed E-state index contributed by atoms with van der Waals surface area (Å²) in [6.45, 7) is 2.04. The van der Waals surface area contributed by atoms with Crippen molar-refractivity contribution in [3.63, 3.8) is 0 Å².